The minimum absolute atomic E-state index is 0.0621. The second-order valence-corrected chi connectivity index (χ2v) is 3.89. The van der Waals surface area contributed by atoms with Gasteiger partial charge in [-0.1, -0.05) is 18.2 Å². The molecule has 4 nitrogen and oxygen atoms in total. The third-order valence-corrected chi connectivity index (χ3v) is 2.70. The number of piperazine rings is 1. The van der Waals surface area contributed by atoms with Gasteiger partial charge in [-0.25, -0.2) is 0 Å². The van der Waals surface area contributed by atoms with Crippen LogP contribution in [0.1, 0.15) is 15.9 Å². The van der Waals surface area contributed by atoms with Crippen molar-refractivity contribution in [1.82, 2.24) is 10.2 Å². The predicted molar refractivity (Wildman–Crippen MR) is 60.1 cm³/mol. The van der Waals surface area contributed by atoms with Gasteiger partial charge in [-0.15, -0.1) is 0 Å². The summed E-state index contributed by atoms with van der Waals surface area (Å²) in [5.41, 5.74) is 1.62. The molecule has 2 rings (SSSR count). The topological polar surface area (TPSA) is 49.4 Å². The summed E-state index contributed by atoms with van der Waals surface area (Å²) < 4.78 is 0. The average molecular weight is 218 g/mol. The Morgan fingerprint density at radius 1 is 1.38 bits per heavy atom. The molecule has 0 aliphatic carbocycles. The molecule has 0 saturated carbocycles. The van der Waals surface area contributed by atoms with Crippen LogP contribution in [0.3, 0.4) is 0 Å². The van der Waals surface area contributed by atoms with Crippen LogP contribution in [0, 0.1) is 6.92 Å². The average Bonchev–Trinajstić information content (AvgIpc) is 2.29. The minimum Gasteiger partial charge on any atom is -0.353 e. The van der Waals surface area contributed by atoms with Gasteiger partial charge >= 0.3 is 0 Å². The van der Waals surface area contributed by atoms with Crippen LogP contribution >= 0.6 is 0 Å². The number of amides is 2. The zero-order chi connectivity index (χ0) is 11.5. The third kappa shape index (κ3) is 2.05. The first kappa shape index (κ1) is 10.7. The van der Waals surface area contributed by atoms with Gasteiger partial charge in [0, 0.05) is 18.7 Å². The number of rotatable bonds is 1. The van der Waals surface area contributed by atoms with Crippen molar-refractivity contribution in [2.75, 3.05) is 19.6 Å². The van der Waals surface area contributed by atoms with E-state index in [1.54, 1.807) is 11.0 Å². The molecule has 0 radical (unpaired) electrons. The second kappa shape index (κ2) is 4.35. The van der Waals surface area contributed by atoms with E-state index in [1.807, 2.05) is 25.1 Å². The standard InChI is InChI=1S/C12H14N2O2/c1-9-4-2-3-5-10(9)12(16)14-7-6-13-11(15)8-14/h2-5H,6-8H2,1H3,(H,13,15). The first-order valence-electron chi connectivity index (χ1n) is 5.30. The number of nitrogens with one attached hydrogen (secondary N) is 1. The number of hydrogen-bond acceptors (Lipinski definition) is 2. The number of aryl methyl sites for hydroxylation is 1. The number of hydrogen-bond donors (Lipinski definition) is 1. The SMILES string of the molecule is Cc1ccccc1C(=O)N1CCNC(=O)C1. The Bertz CT molecular complexity index is 429. The molecule has 2 amide bonds. The molecule has 1 aromatic rings. The zero-order valence-corrected chi connectivity index (χ0v) is 9.19. The Hall–Kier alpha value is -1.84. The molecule has 0 unspecified atom stereocenters. The number of carbonyl (C=O) groups excluding carboxylic acids is 2. The van der Waals surface area contributed by atoms with Gasteiger partial charge in [0.05, 0.1) is 6.54 Å². The van der Waals surface area contributed by atoms with Gasteiger partial charge in [0.25, 0.3) is 5.91 Å². The maximum atomic E-state index is 12.1. The highest BCUT2D eigenvalue weighted by Gasteiger charge is 2.22. The van der Waals surface area contributed by atoms with Crippen molar-refractivity contribution in [2.45, 2.75) is 6.92 Å². The molecule has 1 aromatic carbocycles. The molecule has 1 fully saturated rings. The van der Waals surface area contributed by atoms with Gasteiger partial charge in [-0.2, -0.15) is 0 Å². The molecule has 1 aliphatic heterocycles. The van der Waals surface area contributed by atoms with Gasteiger partial charge in [0.1, 0.15) is 0 Å². The molecule has 16 heavy (non-hydrogen) atoms. The van der Waals surface area contributed by atoms with Gasteiger partial charge in [0.2, 0.25) is 5.91 Å². The molecule has 1 heterocycles. The summed E-state index contributed by atoms with van der Waals surface area (Å²) in [7, 11) is 0. The summed E-state index contributed by atoms with van der Waals surface area (Å²) in [6.45, 7) is 3.18. The summed E-state index contributed by atoms with van der Waals surface area (Å²) >= 11 is 0. The van der Waals surface area contributed by atoms with Crippen LogP contribution in [0.15, 0.2) is 24.3 Å². The van der Waals surface area contributed by atoms with Crippen molar-refractivity contribution < 1.29 is 9.59 Å². The molecular formula is C12H14N2O2. The van der Waals surface area contributed by atoms with E-state index < -0.39 is 0 Å². The Morgan fingerprint density at radius 2 is 2.12 bits per heavy atom. The van der Waals surface area contributed by atoms with Gasteiger partial charge in [-0.05, 0) is 18.6 Å². The van der Waals surface area contributed by atoms with Crippen LogP contribution < -0.4 is 5.32 Å². The van der Waals surface area contributed by atoms with Gasteiger partial charge in [0.15, 0.2) is 0 Å². The largest absolute Gasteiger partial charge is 0.353 e. The monoisotopic (exact) mass is 218 g/mol. The second-order valence-electron chi connectivity index (χ2n) is 3.89. The fourth-order valence-corrected chi connectivity index (χ4v) is 1.80. The Labute approximate surface area is 94.2 Å². The smallest absolute Gasteiger partial charge is 0.254 e. The first-order chi connectivity index (χ1) is 7.68. The quantitative estimate of drug-likeness (QED) is 0.749. The maximum absolute atomic E-state index is 12.1. The summed E-state index contributed by atoms with van der Waals surface area (Å²) in [6, 6.07) is 7.43. The molecule has 0 spiro atoms. The first-order valence-corrected chi connectivity index (χ1v) is 5.30. The molecule has 1 N–H and O–H groups in total. The van der Waals surface area contributed by atoms with E-state index in [4.69, 9.17) is 0 Å². The van der Waals surface area contributed by atoms with Crippen LogP contribution in [0.4, 0.5) is 0 Å². The van der Waals surface area contributed by atoms with Crippen molar-refractivity contribution in [3.8, 4) is 0 Å². The van der Waals surface area contributed by atoms with Crippen LogP contribution in [0.25, 0.3) is 0 Å². The van der Waals surface area contributed by atoms with Crippen molar-refractivity contribution in [1.29, 1.82) is 0 Å². The van der Waals surface area contributed by atoms with Crippen LogP contribution in [0.5, 0.6) is 0 Å². The maximum Gasteiger partial charge on any atom is 0.254 e. The van der Waals surface area contributed by atoms with E-state index in [-0.39, 0.29) is 18.4 Å². The summed E-state index contributed by atoms with van der Waals surface area (Å²) in [6.07, 6.45) is 0. The molecule has 84 valence electrons. The zero-order valence-electron chi connectivity index (χ0n) is 9.19. The number of carbonyl (C=O) groups is 2. The van der Waals surface area contributed by atoms with E-state index in [0.29, 0.717) is 18.7 Å². The number of nitrogens with zero attached hydrogens (tertiary/aromatic N) is 1. The van der Waals surface area contributed by atoms with Crippen molar-refractivity contribution in [3.05, 3.63) is 35.4 Å². The van der Waals surface area contributed by atoms with Crippen molar-refractivity contribution in [3.63, 3.8) is 0 Å². The lowest BCUT2D eigenvalue weighted by Gasteiger charge is -2.27. The molecule has 1 aliphatic rings. The molecular weight excluding hydrogens is 204 g/mol. The predicted octanol–water partition coefficient (Wildman–Crippen LogP) is 0.567. The lowest BCUT2D eigenvalue weighted by molar-refractivity contribution is -0.123. The van der Waals surface area contributed by atoms with E-state index in [1.165, 1.54) is 0 Å². The Balaban J connectivity index is 2.19. The molecule has 0 atom stereocenters. The number of benzene rings is 1. The summed E-state index contributed by atoms with van der Waals surface area (Å²) in [5, 5.41) is 2.70. The van der Waals surface area contributed by atoms with E-state index in [9.17, 15) is 9.59 Å². The fourth-order valence-electron chi connectivity index (χ4n) is 1.80. The third-order valence-electron chi connectivity index (χ3n) is 2.70. The minimum atomic E-state index is -0.0896. The summed E-state index contributed by atoms with van der Waals surface area (Å²) in [4.78, 5) is 24.9. The lowest BCUT2D eigenvalue weighted by atomic mass is 10.1. The normalized spacial score (nSPS) is 15.8. The van der Waals surface area contributed by atoms with Crippen LogP contribution in [-0.2, 0) is 4.79 Å². The summed E-state index contributed by atoms with van der Waals surface area (Å²) in [5.74, 6) is -0.152. The molecule has 0 bridgehead atoms. The Morgan fingerprint density at radius 3 is 2.81 bits per heavy atom. The Kier molecular flexibility index (Phi) is 2.90. The van der Waals surface area contributed by atoms with Gasteiger partial charge < -0.3 is 10.2 Å². The molecule has 1 saturated heterocycles. The highest BCUT2D eigenvalue weighted by Crippen LogP contribution is 2.11. The molecule has 0 aromatic heterocycles. The molecule has 4 heteroatoms. The van der Waals surface area contributed by atoms with Gasteiger partial charge in [-0.3, -0.25) is 9.59 Å². The van der Waals surface area contributed by atoms with E-state index in [0.717, 1.165) is 5.56 Å². The fraction of sp³-hybridized carbons (Fsp3) is 0.333. The van der Waals surface area contributed by atoms with Crippen LogP contribution in [0.2, 0.25) is 0 Å². The lowest BCUT2D eigenvalue weighted by Crippen LogP contribution is -2.50. The van der Waals surface area contributed by atoms with Crippen molar-refractivity contribution >= 4 is 11.8 Å². The van der Waals surface area contributed by atoms with E-state index in [2.05, 4.69) is 5.32 Å². The van der Waals surface area contributed by atoms with E-state index >= 15 is 0 Å². The highest BCUT2D eigenvalue weighted by molar-refractivity contribution is 5.98. The van der Waals surface area contributed by atoms with Crippen molar-refractivity contribution in [2.24, 2.45) is 0 Å². The highest BCUT2D eigenvalue weighted by atomic mass is 16.2. The van der Waals surface area contributed by atoms with Crippen LogP contribution in [-0.4, -0.2) is 36.3 Å².